The summed E-state index contributed by atoms with van der Waals surface area (Å²) in [7, 11) is 2.55. The van der Waals surface area contributed by atoms with Crippen LogP contribution in [0.1, 0.15) is 72.1 Å². The van der Waals surface area contributed by atoms with Crippen molar-refractivity contribution >= 4 is 20.6 Å². The SMILES string of the molecule is CO[Si](CCCCCCCCCCN1C(=O)c2ccccc2C1=O)(OC)OC. The Morgan fingerprint density at radius 2 is 1.14 bits per heavy atom. The predicted molar refractivity (Wildman–Crippen MR) is 110 cm³/mol. The topological polar surface area (TPSA) is 65.1 Å². The normalized spacial score (nSPS) is 14.0. The van der Waals surface area contributed by atoms with Gasteiger partial charge in [-0.1, -0.05) is 50.7 Å². The van der Waals surface area contributed by atoms with E-state index in [2.05, 4.69) is 0 Å². The molecular weight excluding hydrogens is 374 g/mol. The van der Waals surface area contributed by atoms with Crippen LogP contribution in [0.2, 0.25) is 6.04 Å². The maximum atomic E-state index is 12.3. The maximum absolute atomic E-state index is 12.3. The summed E-state index contributed by atoms with van der Waals surface area (Å²) in [6.07, 6.45) is 8.84. The Hall–Kier alpha value is -1.54. The molecule has 1 aromatic carbocycles. The molecule has 6 nitrogen and oxygen atoms in total. The number of carbonyl (C=O) groups is 2. The minimum absolute atomic E-state index is 0.150. The third-order valence-corrected chi connectivity index (χ3v) is 8.26. The van der Waals surface area contributed by atoms with Gasteiger partial charge in [0.25, 0.3) is 11.8 Å². The van der Waals surface area contributed by atoms with Crippen molar-refractivity contribution in [2.45, 2.75) is 57.4 Å². The molecule has 2 rings (SSSR count). The zero-order valence-corrected chi connectivity index (χ0v) is 18.4. The second-order valence-electron chi connectivity index (χ2n) is 7.18. The molecule has 0 radical (unpaired) electrons. The van der Waals surface area contributed by atoms with Crippen LogP contribution in [0.4, 0.5) is 0 Å². The molecule has 28 heavy (non-hydrogen) atoms. The van der Waals surface area contributed by atoms with Gasteiger partial charge < -0.3 is 13.3 Å². The van der Waals surface area contributed by atoms with Gasteiger partial charge in [-0.15, -0.1) is 0 Å². The van der Waals surface area contributed by atoms with Crippen molar-refractivity contribution in [3.8, 4) is 0 Å². The molecule has 0 aromatic heterocycles. The molecule has 1 aliphatic heterocycles. The fraction of sp³-hybridized carbons (Fsp3) is 0.619. The van der Waals surface area contributed by atoms with Crippen LogP contribution < -0.4 is 0 Å². The van der Waals surface area contributed by atoms with Gasteiger partial charge in [0, 0.05) is 33.9 Å². The Labute approximate surface area is 169 Å². The standard InChI is InChI=1S/C21H33NO5Si/c1-25-28(26-2,27-3)17-13-9-7-5-4-6-8-12-16-22-20(23)18-14-10-11-15-19(18)21(22)24/h10-11,14-15H,4-9,12-13,16-17H2,1-3H3. The van der Waals surface area contributed by atoms with Gasteiger partial charge in [0.1, 0.15) is 0 Å². The average Bonchev–Trinajstić information content (AvgIpc) is 2.97. The molecule has 0 unspecified atom stereocenters. The Kier molecular flexibility index (Phi) is 9.31. The summed E-state index contributed by atoms with van der Waals surface area (Å²) in [5, 5.41) is 0. The highest BCUT2D eigenvalue weighted by Crippen LogP contribution is 2.23. The summed E-state index contributed by atoms with van der Waals surface area (Å²) in [6, 6.07) is 7.92. The molecule has 0 atom stereocenters. The lowest BCUT2D eigenvalue weighted by Crippen LogP contribution is -2.42. The highest BCUT2D eigenvalue weighted by Gasteiger charge is 2.36. The van der Waals surface area contributed by atoms with E-state index in [0.29, 0.717) is 17.7 Å². The number of benzene rings is 1. The van der Waals surface area contributed by atoms with E-state index in [1.54, 1.807) is 45.6 Å². The summed E-state index contributed by atoms with van der Waals surface area (Å²) in [5.41, 5.74) is 1.07. The number of imide groups is 1. The largest absolute Gasteiger partial charge is 0.500 e. The molecule has 0 saturated carbocycles. The summed E-state index contributed by atoms with van der Waals surface area (Å²) in [4.78, 5) is 26.0. The number of fused-ring (bicyclic) bond motifs is 1. The number of amides is 2. The van der Waals surface area contributed by atoms with Gasteiger partial charge in [-0.3, -0.25) is 14.5 Å². The molecule has 0 N–H and O–H groups in total. The smallest absolute Gasteiger partial charge is 0.377 e. The lowest BCUT2D eigenvalue weighted by molar-refractivity contribution is 0.0651. The van der Waals surface area contributed by atoms with Gasteiger partial charge in [0.2, 0.25) is 0 Å². The van der Waals surface area contributed by atoms with E-state index in [9.17, 15) is 9.59 Å². The fourth-order valence-corrected chi connectivity index (χ4v) is 5.47. The second-order valence-corrected chi connectivity index (χ2v) is 10.3. The van der Waals surface area contributed by atoms with Gasteiger partial charge in [0.05, 0.1) is 11.1 Å². The van der Waals surface area contributed by atoms with Crippen LogP contribution in [-0.2, 0) is 13.3 Å². The van der Waals surface area contributed by atoms with Crippen LogP contribution in [0, 0.1) is 0 Å². The van der Waals surface area contributed by atoms with E-state index in [-0.39, 0.29) is 11.8 Å². The first-order valence-electron chi connectivity index (χ1n) is 10.2. The van der Waals surface area contributed by atoms with E-state index in [0.717, 1.165) is 38.1 Å². The van der Waals surface area contributed by atoms with Gasteiger partial charge in [-0.25, -0.2) is 0 Å². The van der Waals surface area contributed by atoms with Crippen LogP contribution in [-0.4, -0.2) is 53.4 Å². The summed E-state index contributed by atoms with van der Waals surface area (Å²) in [6.45, 7) is 0.518. The number of rotatable bonds is 14. The van der Waals surface area contributed by atoms with E-state index in [1.165, 1.54) is 24.2 Å². The highest BCUT2D eigenvalue weighted by molar-refractivity contribution is 6.60. The quantitative estimate of drug-likeness (QED) is 0.262. The van der Waals surface area contributed by atoms with Crippen molar-refractivity contribution in [1.82, 2.24) is 4.90 Å². The molecule has 0 bridgehead atoms. The van der Waals surface area contributed by atoms with Crippen LogP contribution >= 0.6 is 0 Å². The Bertz CT molecular complexity index is 604. The second kappa shape index (κ2) is 11.5. The number of hydrogen-bond acceptors (Lipinski definition) is 5. The minimum atomic E-state index is -2.41. The van der Waals surface area contributed by atoms with Gasteiger partial charge >= 0.3 is 8.80 Å². The molecule has 0 spiro atoms. The van der Waals surface area contributed by atoms with Crippen molar-refractivity contribution in [2.75, 3.05) is 27.9 Å². The number of nitrogens with zero attached hydrogens (tertiary/aromatic N) is 1. The molecule has 1 aromatic rings. The van der Waals surface area contributed by atoms with Crippen molar-refractivity contribution in [2.24, 2.45) is 0 Å². The monoisotopic (exact) mass is 407 g/mol. The summed E-state index contributed by atoms with van der Waals surface area (Å²) in [5.74, 6) is -0.299. The molecular formula is C21H33NO5Si. The number of hydrogen-bond donors (Lipinski definition) is 0. The number of carbonyl (C=O) groups excluding carboxylic acids is 2. The lowest BCUT2D eigenvalue weighted by Gasteiger charge is -2.24. The van der Waals surface area contributed by atoms with Crippen LogP contribution in [0.5, 0.6) is 0 Å². The van der Waals surface area contributed by atoms with E-state index in [4.69, 9.17) is 13.3 Å². The first-order valence-corrected chi connectivity index (χ1v) is 12.1. The Morgan fingerprint density at radius 3 is 1.61 bits per heavy atom. The zero-order valence-electron chi connectivity index (χ0n) is 17.4. The zero-order chi connectivity index (χ0) is 20.4. The van der Waals surface area contributed by atoms with Gasteiger partial charge in [-0.2, -0.15) is 0 Å². The van der Waals surface area contributed by atoms with Crippen molar-refractivity contribution in [1.29, 1.82) is 0 Å². The van der Waals surface area contributed by atoms with Crippen LogP contribution in [0.25, 0.3) is 0 Å². The predicted octanol–water partition coefficient (Wildman–Crippen LogP) is 4.28. The Morgan fingerprint density at radius 1 is 0.714 bits per heavy atom. The van der Waals surface area contributed by atoms with Crippen molar-refractivity contribution < 1.29 is 22.9 Å². The molecule has 0 saturated heterocycles. The third-order valence-electron chi connectivity index (χ3n) is 5.43. The molecule has 2 amide bonds. The Balaban J connectivity index is 1.52. The first-order chi connectivity index (χ1) is 13.6. The van der Waals surface area contributed by atoms with E-state index < -0.39 is 8.80 Å². The average molecular weight is 408 g/mol. The summed E-state index contributed by atoms with van der Waals surface area (Å²) >= 11 is 0. The molecule has 0 aliphatic carbocycles. The van der Waals surface area contributed by atoms with Gasteiger partial charge in [-0.05, 0) is 25.0 Å². The third kappa shape index (κ3) is 5.73. The molecule has 156 valence electrons. The molecule has 1 heterocycles. The van der Waals surface area contributed by atoms with Gasteiger partial charge in [0.15, 0.2) is 0 Å². The van der Waals surface area contributed by atoms with E-state index >= 15 is 0 Å². The van der Waals surface area contributed by atoms with E-state index in [1.807, 2.05) is 0 Å². The van der Waals surface area contributed by atoms with Crippen LogP contribution in [0.15, 0.2) is 24.3 Å². The lowest BCUT2D eigenvalue weighted by atomic mass is 10.1. The van der Waals surface area contributed by atoms with Crippen molar-refractivity contribution in [3.05, 3.63) is 35.4 Å². The van der Waals surface area contributed by atoms with Crippen molar-refractivity contribution in [3.63, 3.8) is 0 Å². The first kappa shape index (κ1) is 22.7. The maximum Gasteiger partial charge on any atom is 0.500 e. The molecule has 7 heteroatoms. The summed E-state index contributed by atoms with van der Waals surface area (Å²) < 4.78 is 16.3. The number of unbranched alkanes of at least 4 members (excludes halogenated alkanes) is 7. The fourth-order valence-electron chi connectivity index (χ4n) is 3.67. The highest BCUT2D eigenvalue weighted by atomic mass is 28.4. The van der Waals surface area contributed by atoms with Crippen LogP contribution in [0.3, 0.4) is 0 Å². The molecule has 0 fully saturated rings. The minimum Gasteiger partial charge on any atom is -0.377 e. The molecule has 1 aliphatic rings.